The van der Waals surface area contributed by atoms with E-state index in [0.717, 1.165) is 17.1 Å². The second kappa shape index (κ2) is 11.9. The Bertz CT molecular complexity index is 1180. The van der Waals surface area contributed by atoms with Crippen molar-refractivity contribution in [2.45, 2.75) is 32.6 Å². The summed E-state index contributed by atoms with van der Waals surface area (Å²) in [6.45, 7) is 7.11. The van der Waals surface area contributed by atoms with E-state index in [1.54, 1.807) is 12.1 Å². The lowest BCUT2D eigenvalue weighted by atomic mass is 9.87. The highest BCUT2D eigenvalue weighted by Gasteiger charge is 2.14. The van der Waals surface area contributed by atoms with Crippen molar-refractivity contribution < 1.29 is 19.0 Å². The van der Waals surface area contributed by atoms with Crippen LogP contribution in [0.3, 0.4) is 0 Å². The molecule has 0 saturated heterocycles. The standard InChI is InChI=1S/C24H28ClN5O4S/c1-24(2,3)16-5-7-17(8-6-16)33-9-10-34-22-18(25)11-15(12-19(22)32-4)14-27-28-20(31)13-21-29-30-23(26)35-21/h5-8,11-12,14H,9-10,13H2,1-4H3,(H2,26,30)(H,28,31)/b27-14-. The summed E-state index contributed by atoms with van der Waals surface area (Å²) in [5.74, 6) is 1.26. The number of nitrogens with two attached hydrogens (primary N) is 1. The maximum absolute atomic E-state index is 12.0. The number of nitrogens with one attached hydrogen (secondary N) is 1. The molecule has 35 heavy (non-hydrogen) atoms. The lowest BCUT2D eigenvalue weighted by Crippen LogP contribution is -2.19. The number of anilines is 1. The number of benzene rings is 2. The van der Waals surface area contributed by atoms with Crippen LogP contribution < -0.4 is 25.4 Å². The third kappa shape index (κ3) is 7.83. The number of methoxy groups -OCH3 is 1. The first-order valence-corrected chi connectivity index (χ1v) is 12.0. The first-order valence-electron chi connectivity index (χ1n) is 10.8. The molecule has 0 aliphatic heterocycles. The first kappa shape index (κ1) is 26.2. The van der Waals surface area contributed by atoms with E-state index >= 15 is 0 Å². The first-order chi connectivity index (χ1) is 16.7. The van der Waals surface area contributed by atoms with Crippen molar-refractivity contribution in [3.8, 4) is 17.2 Å². The van der Waals surface area contributed by atoms with Crippen molar-refractivity contribution in [3.63, 3.8) is 0 Å². The van der Waals surface area contributed by atoms with Crippen LogP contribution in [0.1, 0.15) is 36.9 Å². The predicted octanol–water partition coefficient (Wildman–Crippen LogP) is 4.23. The third-order valence-corrected chi connectivity index (χ3v) is 5.80. The molecule has 1 aromatic heterocycles. The topological polar surface area (TPSA) is 121 Å². The van der Waals surface area contributed by atoms with Crippen molar-refractivity contribution in [1.29, 1.82) is 0 Å². The van der Waals surface area contributed by atoms with Crippen LogP contribution >= 0.6 is 22.9 Å². The molecule has 1 amide bonds. The summed E-state index contributed by atoms with van der Waals surface area (Å²) < 4.78 is 17.0. The van der Waals surface area contributed by atoms with Crippen LogP contribution in [0.2, 0.25) is 5.02 Å². The number of halogens is 1. The zero-order chi connectivity index (χ0) is 25.4. The van der Waals surface area contributed by atoms with Crippen LogP contribution in [-0.4, -0.2) is 42.6 Å². The molecule has 0 fully saturated rings. The number of hydrogen-bond acceptors (Lipinski definition) is 9. The molecule has 9 nitrogen and oxygen atoms in total. The fraction of sp³-hybridized carbons (Fsp3) is 0.333. The van der Waals surface area contributed by atoms with Crippen molar-refractivity contribution in [2.24, 2.45) is 5.10 Å². The van der Waals surface area contributed by atoms with Gasteiger partial charge in [-0.3, -0.25) is 4.79 Å². The molecule has 3 N–H and O–H groups in total. The minimum Gasteiger partial charge on any atom is -0.493 e. The molecule has 3 aromatic rings. The van der Waals surface area contributed by atoms with E-state index < -0.39 is 0 Å². The van der Waals surface area contributed by atoms with Gasteiger partial charge in [-0.2, -0.15) is 5.10 Å². The molecule has 0 unspecified atom stereocenters. The SMILES string of the molecule is COc1cc(/C=N\NC(=O)Cc2nnc(N)s2)cc(Cl)c1OCCOc1ccc(C(C)(C)C)cc1. The van der Waals surface area contributed by atoms with Gasteiger partial charge >= 0.3 is 0 Å². The molecule has 0 aliphatic rings. The molecular formula is C24H28ClN5O4S. The van der Waals surface area contributed by atoms with Crippen molar-refractivity contribution >= 4 is 40.2 Å². The Balaban J connectivity index is 1.52. The highest BCUT2D eigenvalue weighted by molar-refractivity contribution is 7.15. The van der Waals surface area contributed by atoms with Gasteiger partial charge in [0, 0.05) is 0 Å². The van der Waals surface area contributed by atoms with Crippen molar-refractivity contribution in [1.82, 2.24) is 15.6 Å². The van der Waals surface area contributed by atoms with Gasteiger partial charge in [0.1, 0.15) is 24.0 Å². The number of ether oxygens (including phenoxy) is 3. The molecule has 0 aliphatic carbocycles. The Morgan fingerprint density at radius 2 is 1.89 bits per heavy atom. The number of nitrogens with zero attached hydrogens (tertiary/aromatic N) is 3. The van der Waals surface area contributed by atoms with E-state index in [9.17, 15) is 4.79 Å². The Hall–Kier alpha value is -3.37. The Morgan fingerprint density at radius 1 is 1.17 bits per heavy atom. The number of hydrogen-bond donors (Lipinski definition) is 2. The maximum Gasteiger partial charge on any atom is 0.247 e. The molecular weight excluding hydrogens is 490 g/mol. The summed E-state index contributed by atoms with van der Waals surface area (Å²) in [5, 5.41) is 12.6. The number of amides is 1. The maximum atomic E-state index is 12.0. The van der Waals surface area contributed by atoms with Gasteiger partial charge in [-0.25, -0.2) is 5.43 Å². The van der Waals surface area contributed by atoms with Gasteiger partial charge in [-0.1, -0.05) is 55.8 Å². The number of aromatic nitrogens is 2. The quantitative estimate of drug-likeness (QED) is 0.234. The fourth-order valence-corrected chi connectivity index (χ4v) is 3.88. The van der Waals surface area contributed by atoms with Crippen LogP contribution in [-0.2, 0) is 16.6 Å². The Labute approximate surface area is 213 Å². The van der Waals surface area contributed by atoms with E-state index in [1.807, 2.05) is 12.1 Å². The lowest BCUT2D eigenvalue weighted by Gasteiger charge is -2.19. The molecule has 3 rings (SSSR count). The second-order valence-corrected chi connectivity index (χ2v) is 10.0. The zero-order valence-electron chi connectivity index (χ0n) is 20.0. The van der Waals surface area contributed by atoms with Gasteiger partial charge in [0.2, 0.25) is 11.0 Å². The minimum atomic E-state index is -0.344. The average molecular weight is 518 g/mol. The number of carbonyl (C=O) groups excluding carboxylic acids is 1. The summed E-state index contributed by atoms with van der Waals surface area (Å²) in [6.07, 6.45) is 1.49. The smallest absolute Gasteiger partial charge is 0.247 e. The van der Waals surface area contributed by atoms with Gasteiger partial charge in [0.05, 0.1) is 24.8 Å². The van der Waals surface area contributed by atoms with Gasteiger partial charge in [-0.15, -0.1) is 10.2 Å². The molecule has 186 valence electrons. The van der Waals surface area contributed by atoms with Crippen LogP contribution in [0.25, 0.3) is 0 Å². The van der Waals surface area contributed by atoms with Crippen molar-refractivity contribution in [2.75, 3.05) is 26.1 Å². The number of rotatable bonds is 10. The lowest BCUT2D eigenvalue weighted by molar-refractivity contribution is -0.120. The third-order valence-electron chi connectivity index (χ3n) is 4.77. The number of nitrogen functional groups attached to an aromatic ring is 1. The van der Waals surface area contributed by atoms with E-state index in [4.69, 9.17) is 31.5 Å². The highest BCUT2D eigenvalue weighted by Crippen LogP contribution is 2.36. The Morgan fingerprint density at radius 3 is 2.51 bits per heavy atom. The molecule has 0 radical (unpaired) electrons. The number of carbonyl (C=O) groups is 1. The number of hydrazone groups is 1. The van der Waals surface area contributed by atoms with Gasteiger partial charge in [0.15, 0.2) is 11.5 Å². The molecule has 1 heterocycles. The summed E-state index contributed by atoms with van der Waals surface area (Å²) in [4.78, 5) is 12.0. The summed E-state index contributed by atoms with van der Waals surface area (Å²) in [6, 6.07) is 11.4. The summed E-state index contributed by atoms with van der Waals surface area (Å²) in [7, 11) is 1.52. The minimum absolute atomic E-state index is 0.0336. The monoisotopic (exact) mass is 517 g/mol. The van der Waals surface area contributed by atoms with Crippen LogP contribution in [0.15, 0.2) is 41.5 Å². The molecule has 2 aromatic carbocycles. The summed E-state index contributed by atoms with van der Waals surface area (Å²) in [5.41, 5.74) is 9.88. The van der Waals surface area contributed by atoms with E-state index in [0.29, 0.717) is 38.8 Å². The van der Waals surface area contributed by atoms with E-state index in [1.165, 1.54) is 18.9 Å². The van der Waals surface area contributed by atoms with Gasteiger partial charge in [-0.05, 0) is 40.8 Å². The van der Waals surface area contributed by atoms with E-state index in [2.05, 4.69) is 53.6 Å². The van der Waals surface area contributed by atoms with Crippen LogP contribution in [0.4, 0.5) is 5.13 Å². The van der Waals surface area contributed by atoms with Gasteiger partial charge < -0.3 is 19.9 Å². The molecule has 11 heteroatoms. The van der Waals surface area contributed by atoms with Crippen LogP contribution in [0, 0.1) is 0 Å². The zero-order valence-corrected chi connectivity index (χ0v) is 21.6. The molecule has 0 atom stereocenters. The molecule has 0 bridgehead atoms. The van der Waals surface area contributed by atoms with E-state index in [-0.39, 0.29) is 24.3 Å². The van der Waals surface area contributed by atoms with Crippen molar-refractivity contribution in [3.05, 3.63) is 57.6 Å². The average Bonchev–Trinajstić information content (AvgIpc) is 3.21. The fourth-order valence-electron chi connectivity index (χ4n) is 3.00. The Kier molecular flexibility index (Phi) is 8.89. The molecule has 0 spiro atoms. The van der Waals surface area contributed by atoms with Crippen LogP contribution in [0.5, 0.6) is 17.2 Å². The normalized spacial score (nSPS) is 11.5. The largest absolute Gasteiger partial charge is 0.493 e. The van der Waals surface area contributed by atoms with Gasteiger partial charge in [0.25, 0.3) is 0 Å². The highest BCUT2D eigenvalue weighted by atomic mass is 35.5. The predicted molar refractivity (Wildman–Crippen MR) is 138 cm³/mol. The second-order valence-electron chi connectivity index (χ2n) is 8.51. The molecule has 0 saturated carbocycles. The summed E-state index contributed by atoms with van der Waals surface area (Å²) >= 11 is 7.55.